The van der Waals surface area contributed by atoms with E-state index in [1.165, 1.54) is 62.3 Å². The van der Waals surface area contributed by atoms with Crippen molar-refractivity contribution in [3.8, 4) is 5.75 Å². The number of carbonyl (C=O) groups is 1. The molecular weight excluding hydrogens is 547 g/mol. The summed E-state index contributed by atoms with van der Waals surface area (Å²) in [6.07, 6.45) is 1.90. The van der Waals surface area contributed by atoms with E-state index < -0.39 is 32.5 Å². The van der Waals surface area contributed by atoms with Crippen molar-refractivity contribution in [1.82, 2.24) is 9.62 Å². The second kappa shape index (κ2) is 12.7. The molecule has 0 aliphatic carbocycles. The number of hydrogen-bond acceptors (Lipinski definition) is 7. The monoisotopic (exact) mass is 577 g/mol. The van der Waals surface area contributed by atoms with Gasteiger partial charge in [0, 0.05) is 19.0 Å². The molecule has 3 aromatic rings. The summed E-state index contributed by atoms with van der Waals surface area (Å²) in [7, 11) is -4.63. The summed E-state index contributed by atoms with van der Waals surface area (Å²) in [4.78, 5) is 13.9. The highest BCUT2D eigenvalue weighted by Gasteiger charge is 2.27. The summed E-state index contributed by atoms with van der Waals surface area (Å²) in [6, 6.07) is 19.4. The first-order valence-corrected chi connectivity index (χ1v) is 15.7. The Kier molecular flexibility index (Phi) is 9.82. The normalized spacial score (nSPS) is 11.8. The minimum Gasteiger partial charge on any atom is -0.492 e. The molecule has 38 heavy (non-hydrogen) atoms. The van der Waals surface area contributed by atoms with Crippen molar-refractivity contribution in [3.63, 3.8) is 0 Å². The molecule has 0 radical (unpaired) electrons. The molecule has 3 rings (SSSR count). The highest BCUT2D eigenvalue weighted by atomic mass is 32.2. The minimum atomic E-state index is -4.00. The number of thioether (sulfide) groups is 1. The van der Waals surface area contributed by atoms with Crippen molar-refractivity contribution in [2.24, 2.45) is 0 Å². The predicted octanol–water partition coefficient (Wildman–Crippen LogP) is 3.36. The fourth-order valence-corrected chi connectivity index (χ4v) is 6.10. The fourth-order valence-electron chi connectivity index (χ4n) is 3.37. The first kappa shape index (κ1) is 29.5. The summed E-state index contributed by atoms with van der Waals surface area (Å²) in [5.41, 5.74) is 1.34. The summed E-state index contributed by atoms with van der Waals surface area (Å²) in [6.45, 7) is 1.72. The van der Waals surface area contributed by atoms with E-state index >= 15 is 0 Å². The van der Waals surface area contributed by atoms with Crippen molar-refractivity contribution in [1.29, 1.82) is 0 Å². The second-order valence-electron chi connectivity index (χ2n) is 8.48. The third-order valence-electron chi connectivity index (χ3n) is 5.55. The maximum absolute atomic E-state index is 13.5. The lowest BCUT2D eigenvalue weighted by atomic mass is 10.2. The number of rotatable bonds is 12. The number of sulfonamides is 2. The molecule has 3 aromatic carbocycles. The fraction of sp³-hybridized carbons (Fsp3) is 0.269. The summed E-state index contributed by atoms with van der Waals surface area (Å²) in [5, 5.41) is 2.68. The number of anilines is 1. The minimum absolute atomic E-state index is 0.0896. The first-order valence-electron chi connectivity index (χ1n) is 11.6. The number of ether oxygens (including phenoxy) is 1. The molecule has 0 spiro atoms. The molecule has 0 saturated heterocycles. The zero-order chi connectivity index (χ0) is 27.9. The summed E-state index contributed by atoms with van der Waals surface area (Å²) < 4.78 is 59.1. The maximum Gasteiger partial charge on any atom is 0.264 e. The molecule has 0 saturated carbocycles. The van der Waals surface area contributed by atoms with Crippen LogP contribution in [0.15, 0.2) is 87.5 Å². The molecule has 1 amide bonds. The van der Waals surface area contributed by atoms with Crippen molar-refractivity contribution < 1.29 is 26.4 Å². The van der Waals surface area contributed by atoms with Crippen LogP contribution in [0.25, 0.3) is 0 Å². The molecule has 0 aromatic heterocycles. The Hall–Kier alpha value is -3.06. The van der Waals surface area contributed by atoms with Gasteiger partial charge in [-0.2, -0.15) is 0 Å². The van der Waals surface area contributed by atoms with E-state index in [0.717, 1.165) is 19.1 Å². The van der Waals surface area contributed by atoms with Crippen LogP contribution in [0.3, 0.4) is 0 Å². The molecule has 0 unspecified atom stereocenters. The molecule has 0 atom stereocenters. The van der Waals surface area contributed by atoms with Crippen molar-refractivity contribution in [2.75, 3.05) is 44.4 Å². The second-order valence-corrected chi connectivity index (χ2v) is 13.4. The van der Waals surface area contributed by atoms with E-state index in [2.05, 4.69) is 5.32 Å². The van der Waals surface area contributed by atoms with E-state index in [9.17, 15) is 21.6 Å². The lowest BCUT2D eigenvalue weighted by molar-refractivity contribution is -0.119. The zero-order valence-corrected chi connectivity index (χ0v) is 24.1. The number of hydrogen-bond donors (Lipinski definition) is 1. The topological polar surface area (TPSA) is 113 Å². The van der Waals surface area contributed by atoms with Gasteiger partial charge in [-0.25, -0.2) is 21.1 Å². The first-order chi connectivity index (χ1) is 17.9. The maximum atomic E-state index is 13.5. The molecule has 0 heterocycles. The standard InChI is InChI=1S/C26H31N3O6S3/c1-20-5-7-21(8-6-20)29(38(33,34)25-15-11-23(36-4)12-16-25)19-26(30)27-17-18-35-22-9-13-24(14-10-22)37(31,32)28(2)3/h5-16H,17-19H2,1-4H3,(H,27,30). The molecular formula is C26H31N3O6S3. The lowest BCUT2D eigenvalue weighted by Gasteiger charge is -2.24. The van der Waals surface area contributed by atoms with Gasteiger partial charge in [0.15, 0.2) is 0 Å². The number of aryl methyl sites for hydroxylation is 1. The van der Waals surface area contributed by atoms with Gasteiger partial charge >= 0.3 is 0 Å². The molecule has 1 N–H and O–H groups in total. The largest absolute Gasteiger partial charge is 0.492 e. The van der Waals surface area contributed by atoms with Gasteiger partial charge in [-0.1, -0.05) is 17.7 Å². The van der Waals surface area contributed by atoms with Crippen molar-refractivity contribution >= 4 is 43.4 Å². The Balaban J connectivity index is 1.65. The Labute approximate surface area is 228 Å². The SMILES string of the molecule is CSc1ccc(S(=O)(=O)N(CC(=O)NCCOc2ccc(S(=O)(=O)N(C)C)cc2)c2ccc(C)cc2)cc1. The Morgan fingerprint density at radius 1 is 0.842 bits per heavy atom. The third-order valence-corrected chi connectivity index (χ3v) is 9.91. The molecule has 12 heteroatoms. The average Bonchev–Trinajstić information content (AvgIpc) is 2.90. The number of nitrogens with zero attached hydrogens (tertiary/aromatic N) is 2. The van der Waals surface area contributed by atoms with Crippen LogP contribution in [0.2, 0.25) is 0 Å². The highest BCUT2D eigenvalue weighted by molar-refractivity contribution is 7.98. The van der Waals surface area contributed by atoms with Crippen LogP contribution in [0, 0.1) is 6.92 Å². The van der Waals surface area contributed by atoms with Crippen LogP contribution in [0.5, 0.6) is 5.75 Å². The number of carbonyl (C=O) groups excluding carboxylic acids is 1. The molecule has 0 aliphatic rings. The van der Waals surface area contributed by atoms with E-state index in [0.29, 0.717) is 11.4 Å². The summed E-state index contributed by atoms with van der Waals surface area (Å²) >= 11 is 1.50. The third kappa shape index (κ3) is 7.28. The number of amides is 1. The Bertz CT molecular complexity index is 1440. The number of nitrogens with one attached hydrogen (secondary N) is 1. The van der Waals surface area contributed by atoms with E-state index in [4.69, 9.17) is 4.74 Å². The predicted molar refractivity (Wildman–Crippen MR) is 150 cm³/mol. The molecule has 0 bridgehead atoms. The van der Waals surface area contributed by atoms with Crippen LogP contribution >= 0.6 is 11.8 Å². The van der Waals surface area contributed by atoms with E-state index in [1.807, 2.05) is 13.2 Å². The van der Waals surface area contributed by atoms with Crippen LogP contribution in [-0.4, -0.2) is 67.1 Å². The van der Waals surface area contributed by atoms with Gasteiger partial charge in [0.1, 0.15) is 18.9 Å². The number of benzene rings is 3. The molecule has 9 nitrogen and oxygen atoms in total. The van der Waals surface area contributed by atoms with Gasteiger partial charge in [-0.3, -0.25) is 9.10 Å². The van der Waals surface area contributed by atoms with Crippen molar-refractivity contribution in [2.45, 2.75) is 21.6 Å². The smallest absolute Gasteiger partial charge is 0.264 e. The van der Waals surface area contributed by atoms with Gasteiger partial charge in [0.05, 0.1) is 22.0 Å². The average molecular weight is 578 g/mol. The van der Waals surface area contributed by atoms with Gasteiger partial charge in [0.25, 0.3) is 10.0 Å². The highest BCUT2D eigenvalue weighted by Crippen LogP contribution is 2.26. The van der Waals surface area contributed by atoms with Crippen LogP contribution in [0.4, 0.5) is 5.69 Å². The quantitative estimate of drug-likeness (QED) is 0.259. The van der Waals surface area contributed by atoms with Crippen LogP contribution < -0.4 is 14.4 Å². The van der Waals surface area contributed by atoms with Gasteiger partial charge in [-0.15, -0.1) is 11.8 Å². The molecule has 204 valence electrons. The van der Waals surface area contributed by atoms with Crippen LogP contribution in [0.1, 0.15) is 5.56 Å². The lowest BCUT2D eigenvalue weighted by Crippen LogP contribution is -2.41. The van der Waals surface area contributed by atoms with Crippen LogP contribution in [-0.2, 0) is 24.8 Å². The zero-order valence-electron chi connectivity index (χ0n) is 21.6. The molecule has 0 fully saturated rings. The summed E-state index contributed by atoms with van der Waals surface area (Å²) in [5.74, 6) is -0.0552. The van der Waals surface area contributed by atoms with Gasteiger partial charge in [-0.05, 0) is 73.8 Å². The van der Waals surface area contributed by atoms with Crippen molar-refractivity contribution in [3.05, 3.63) is 78.4 Å². The van der Waals surface area contributed by atoms with Gasteiger partial charge < -0.3 is 10.1 Å². The van der Waals surface area contributed by atoms with E-state index in [-0.39, 0.29) is 22.9 Å². The van der Waals surface area contributed by atoms with E-state index in [1.54, 1.807) is 36.4 Å². The Morgan fingerprint density at radius 3 is 1.95 bits per heavy atom. The van der Waals surface area contributed by atoms with Gasteiger partial charge in [0.2, 0.25) is 15.9 Å². The Morgan fingerprint density at radius 2 is 1.39 bits per heavy atom. The molecule has 0 aliphatic heterocycles.